The number of ketones is 1. The van der Waals surface area contributed by atoms with Crippen LogP contribution in [0, 0.1) is 0 Å². The van der Waals surface area contributed by atoms with E-state index < -0.39 is 17.7 Å². The molecule has 0 aliphatic carbocycles. The third-order valence-electron chi connectivity index (χ3n) is 6.82. The van der Waals surface area contributed by atoms with Crippen molar-refractivity contribution in [1.82, 2.24) is 4.90 Å². The van der Waals surface area contributed by atoms with Crippen molar-refractivity contribution in [3.8, 4) is 5.75 Å². The monoisotopic (exact) mass is 492 g/mol. The van der Waals surface area contributed by atoms with Gasteiger partial charge in [0.15, 0.2) is 0 Å². The second kappa shape index (κ2) is 9.82. The molecular weight excluding hydrogens is 464 g/mol. The summed E-state index contributed by atoms with van der Waals surface area (Å²) in [7, 11) is 5.49. The van der Waals surface area contributed by atoms with E-state index in [1.165, 1.54) is 4.90 Å². The summed E-state index contributed by atoms with van der Waals surface area (Å²) >= 11 is 0. The number of carbonyl (C=O) groups is 2. The molecular formula is C31H28N2O4. The van der Waals surface area contributed by atoms with Crippen molar-refractivity contribution >= 4 is 33.9 Å². The van der Waals surface area contributed by atoms with Crippen molar-refractivity contribution in [3.63, 3.8) is 0 Å². The van der Waals surface area contributed by atoms with E-state index in [2.05, 4.69) is 0 Å². The smallest absolute Gasteiger partial charge is 0.295 e. The SMILES string of the molecule is COc1ccc(CN2C(=O)C(=O)/C(=C(\O)c3cccc4ccccc34)C2c2ccc(N(C)C)cc2)cc1. The van der Waals surface area contributed by atoms with E-state index >= 15 is 0 Å². The van der Waals surface area contributed by atoms with Crippen LogP contribution in [0.4, 0.5) is 5.69 Å². The minimum absolute atomic E-state index is 0.0902. The zero-order chi connectivity index (χ0) is 26.1. The first-order valence-electron chi connectivity index (χ1n) is 12.1. The maximum atomic E-state index is 13.5. The summed E-state index contributed by atoms with van der Waals surface area (Å²) in [5.41, 5.74) is 3.20. The standard InChI is InChI=1S/C31H28N2O4/c1-32(2)23-15-13-22(14-16-23)28-27(29(34)26-10-6-8-21-7-4-5-9-25(21)26)30(35)31(36)33(28)19-20-11-17-24(37-3)18-12-20/h4-18,28,34H,19H2,1-3H3/b29-27-. The predicted octanol–water partition coefficient (Wildman–Crippen LogP) is 5.54. The van der Waals surface area contributed by atoms with Gasteiger partial charge in [0.2, 0.25) is 0 Å². The fourth-order valence-corrected chi connectivity index (χ4v) is 4.85. The number of amides is 1. The Hall–Kier alpha value is -4.58. The fraction of sp³-hybridized carbons (Fsp3) is 0.161. The Labute approximate surface area is 216 Å². The van der Waals surface area contributed by atoms with Gasteiger partial charge in [-0.3, -0.25) is 9.59 Å². The van der Waals surface area contributed by atoms with Gasteiger partial charge in [0.05, 0.1) is 18.7 Å². The van der Waals surface area contributed by atoms with Crippen LogP contribution in [-0.4, -0.2) is 42.9 Å². The molecule has 0 spiro atoms. The lowest BCUT2D eigenvalue weighted by Gasteiger charge is -2.26. The molecule has 4 aromatic rings. The number of Topliss-reactive ketones (excluding diaryl/α,β-unsaturated/α-hetero) is 1. The molecule has 0 bridgehead atoms. The lowest BCUT2D eigenvalue weighted by atomic mass is 9.93. The van der Waals surface area contributed by atoms with Gasteiger partial charge in [-0.25, -0.2) is 0 Å². The van der Waals surface area contributed by atoms with Crippen LogP contribution in [0.15, 0.2) is 96.6 Å². The summed E-state index contributed by atoms with van der Waals surface area (Å²) in [6.45, 7) is 0.209. The van der Waals surface area contributed by atoms with Crippen LogP contribution >= 0.6 is 0 Å². The third-order valence-corrected chi connectivity index (χ3v) is 6.82. The minimum atomic E-state index is -0.739. The molecule has 1 heterocycles. The van der Waals surface area contributed by atoms with E-state index in [1.807, 2.05) is 104 Å². The number of aliphatic hydroxyl groups is 1. The highest BCUT2D eigenvalue weighted by atomic mass is 16.5. The molecule has 0 radical (unpaired) electrons. The molecule has 1 fully saturated rings. The molecule has 186 valence electrons. The number of fused-ring (bicyclic) bond motifs is 1. The quantitative estimate of drug-likeness (QED) is 0.218. The van der Waals surface area contributed by atoms with Crippen molar-refractivity contribution in [2.75, 3.05) is 26.1 Å². The molecule has 1 saturated heterocycles. The van der Waals surface area contributed by atoms with Crippen molar-refractivity contribution in [1.29, 1.82) is 0 Å². The number of aliphatic hydroxyl groups excluding tert-OH is 1. The predicted molar refractivity (Wildman–Crippen MR) is 146 cm³/mol. The Balaban J connectivity index is 1.66. The summed E-state index contributed by atoms with van der Waals surface area (Å²) in [5.74, 6) is -0.799. The highest BCUT2D eigenvalue weighted by molar-refractivity contribution is 6.46. The minimum Gasteiger partial charge on any atom is -0.507 e. The number of carbonyl (C=O) groups excluding carboxylic acids is 2. The zero-order valence-electron chi connectivity index (χ0n) is 21.0. The number of benzene rings is 4. The van der Waals surface area contributed by atoms with E-state index in [0.29, 0.717) is 11.3 Å². The van der Waals surface area contributed by atoms with E-state index in [0.717, 1.165) is 27.6 Å². The zero-order valence-corrected chi connectivity index (χ0v) is 21.0. The van der Waals surface area contributed by atoms with Gasteiger partial charge in [-0.15, -0.1) is 0 Å². The van der Waals surface area contributed by atoms with E-state index in [4.69, 9.17) is 4.74 Å². The second-order valence-corrected chi connectivity index (χ2v) is 9.29. The molecule has 1 aliphatic heterocycles. The third kappa shape index (κ3) is 4.42. The van der Waals surface area contributed by atoms with Gasteiger partial charge in [-0.05, 0) is 46.2 Å². The van der Waals surface area contributed by atoms with E-state index in [9.17, 15) is 14.7 Å². The van der Waals surface area contributed by atoms with Crippen molar-refractivity contribution in [3.05, 3.63) is 113 Å². The van der Waals surface area contributed by atoms with Crippen LogP contribution in [0.3, 0.4) is 0 Å². The molecule has 1 unspecified atom stereocenters. The maximum absolute atomic E-state index is 13.5. The Bertz CT molecular complexity index is 1500. The van der Waals surface area contributed by atoms with Gasteiger partial charge in [0.25, 0.3) is 11.7 Å². The van der Waals surface area contributed by atoms with Gasteiger partial charge < -0.3 is 19.6 Å². The van der Waals surface area contributed by atoms with Gasteiger partial charge in [-0.1, -0.05) is 66.7 Å². The Kier molecular flexibility index (Phi) is 6.40. The van der Waals surface area contributed by atoms with Crippen LogP contribution < -0.4 is 9.64 Å². The van der Waals surface area contributed by atoms with Crippen LogP contribution in [0.25, 0.3) is 16.5 Å². The number of hydrogen-bond acceptors (Lipinski definition) is 5. The number of nitrogens with zero attached hydrogens (tertiary/aromatic N) is 2. The number of likely N-dealkylation sites (tertiary alicyclic amines) is 1. The summed E-state index contributed by atoms with van der Waals surface area (Å²) < 4.78 is 5.25. The van der Waals surface area contributed by atoms with Crippen molar-refractivity contribution < 1.29 is 19.4 Å². The summed E-state index contributed by atoms with van der Waals surface area (Å²) in [4.78, 5) is 30.4. The highest BCUT2D eigenvalue weighted by Crippen LogP contribution is 2.41. The molecule has 5 rings (SSSR count). The summed E-state index contributed by atoms with van der Waals surface area (Å²) in [6.07, 6.45) is 0. The van der Waals surface area contributed by atoms with Gasteiger partial charge in [0.1, 0.15) is 11.5 Å². The van der Waals surface area contributed by atoms with Gasteiger partial charge in [-0.2, -0.15) is 0 Å². The molecule has 6 heteroatoms. The first-order chi connectivity index (χ1) is 17.9. The lowest BCUT2D eigenvalue weighted by Crippen LogP contribution is -2.29. The average Bonchev–Trinajstić information content (AvgIpc) is 3.17. The van der Waals surface area contributed by atoms with Crippen LogP contribution in [0.1, 0.15) is 22.7 Å². The van der Waals surface area contributed by atoms with Crippen LogP contribution in [0.5, 0.6) is 5.75 Å². The number of ether oxygens (including phenoxy) is 1. The number of rotatable bonds is 6. The fourth-order valence-electron chi connectivity index (χ4n) is 4.85. The van der Waals surface area contributed by atoms with Gasteiger partial charge >= 0.3 is 0 Å². The molecule has 4 aromatic carbocycles. The lowest BCUT2D eigenvalue weighted by molar-refractivity contribution is -0.140. The molecule has 6 nitrogen and oxygen atoms in total. The first kappa shape index (κ1) is 24.1. The number of hydrogen-bond donors (Lipinski definition) is 1. The van der Waals surface area contributed by atoms with Gasteiger partial charge in [0, 0.05) is 31.9 Å². The molecule has 0 saturated carbocycles. The van der Waals surface area contributed by atoms with E-state index in [-0.39, 0.29) is 17.9 Å². The molecule has 1 amide bonds. The molecule has 1 N–H and O–H groups in total. The molecule has 1 atom stereocenters. The number of anilines is 1. The second-order valence-electron chi connectivity index (χ2n) is 9.29. The number of methoxy groups -OCH3 is 1. The van der Waals surface area contributed by atoms with Crippen molar-refractivity contribution in [2.24, 2.45) is 0 Å². The Morgan fingerprint density at radius 1 is 0.892 bits per heavy atom. The highest BCUT2D eigenvalue weighted by Gasteiger charge is 2.46. The Morgan fingerprint density at radius 2 is 1.57 bits per heavy atom. The largest absolute Gasteiger partial charge is 0.507 e. The topological polar surface area (TPSA) is 70.1 Å². The Morgan fingerprint density at radius 3 is 2.24 bits per heavy atom. The van der Waals surface area contributed by atoms with Crippen LogP contribution in [-0.2, 0) is 16.1 Å². The van der Waals surface area contributed by atoms with Crippen LogP contribution in [0.2, 0.25) is 0 Å². The normalized spacial score (nSPS) is 16.8. The van der Waals surface area contributed by atoms with Crippen molar-refractivity contribution in [2.45, 2.75) is 12.6 Å². The molecule has 37 heavy (non-hydrogen) atoms. The molecule has 0 aromatic heterocycles. The first-order valence-corrected chi connectivity index (χ1v) is 12.1. The maximum Gasteiger partial charge on any atom is 0.295 e. The van der Waals surface area contributed by atoms with E-state index in [1.54, 1.807) is 13.2 Å². The molecule has 1 aliphatic rings. The summed E-state index contributed by atoms with van der Waals surface area (Å²) in [6, 6.07) is 27.6. The summed E-state index contributed by atoms with van der Waals surface area (Å²) in [5, 5.41) is 13.3. The average molecular weight is 493 g/mol.